The minimum Gasteiger partial charge on any atom is -0.465 e. The van der Waals surface area contributed by atoms with E-state index in [9.17, 15) is 9.18 Å². The van der Waals surface area contributed by atoms with Crippen LogP contribution in [-0.2, 0) is 4.74 Å². The number of halogens is 1. The number of carbonyl (C=O) groups is 1. The van der Waals surface area contributed by atoms with Crippen molar-refractivity contribution in [3.8, 4) is 0 Å². The number of rotatable bonds is 3. The molecule has 4 heteroatoms. The Morgan fingerprint density at radius 2 is 2.29 bits per heavy atom. The second-order valence-electron chi connectivity index (χ2n) is 2.54. The smallest absolute Gasteiger partial charge is 0.342 e. The van der Waals surface area contributed by atoms with Gasteiger partial charge < -0.3 is 4.74 Å². The molecule has 0 unspecified atom stereocenters. The van der Waals surface area contributed by atoms with Gasteiger partial charge in [-0.3, -0.25) is 0 Å². The molecule has 0 fully saturated rings. The highest BCUT2D eigenvalue weighted by Gasteiger charge is 2.16. The van der Waals surface area contributed by atoms with Gasteiger partial charge in [-0.25, -0.2) is 9.18 Å². The number of hydrogen-bond acceptors (Lipinski definition) is 3. The van der Waals surface area contributed by atoms with Crippen LogP contribution in [0.5, 0.6) is 0 Å². The van der Waals surface area contributed by atoms with Gasteiger partial charge in [0.1, 0.15) is 11.4 Å². The van der Waals surface area contributed by atoms with E-state index in [-0.39, 0.29) is 5.56 Å². The highest BCUT2D eigenvalue weighted by atomic mass is 32.2. The number of benzene rings is 1. The van der Waals surface area contributed by atoms with Gasteiger partial charge in [-0.1, -0.05) is 13.0 Å². The molecule has 0 bridgehead atoms. The average Bonchev–Trinajstić information content (AvgIpc) is 2.18. The Labute approximate surface area is 86.5 Å². The maximum Gasteiger partial charge on any atom is 0.342 e. The summed E-state index contributed by atoms with van der Waals surface area (Å²) < 4.78 is 17.8. The molecule has 0 amide bonds. The summed E-state index contributed by atoms with van der Waals surface area (Å²) in [5.41, 5.74) is 0.0295. The third kappa shape index (κ3) is 2.26. The first-order valence-electron chi connectivity index (χ1n) is 4.20. The van der Waals surface area contributed by atoms with Gasteiger partial charge in [-0.15, -0.1) is 11.8 Å². The van der Waals surface area contributed by atoms with Crippen molar-refractivity contribution in [2.24, 2.45) is 0 Å². The predicted octanol–water partition coefficient (Wildman–Crippen LogP) is 2.72. The lowest BCUT2D eigenvalue weighted by Gasteiger charge is -2.06. The number of methoxy groups -OCH3 is 1. The lowest BCUT2D eigenvalue weighted by atomic mass is 10.2. The molecule has 14 heavy (non-hydrogen) atoms. The average molecular weight is 214 g/mol. The molecular weight excluding hydrogens is 203 g/mol. The molecule has 0 saturated heterocycles. The zero-order chi connectivity index (χ0) is 10.6. The number of ether oxygens (including phenoxy) is 1. The van der Waals surface area contributed by atoms with Crippen LogP contribution in [0, 0.1) is 5.82 Å². The molecule has 0 N–H and O–H groups in total. The van der Waals surface area contributed by atoms with Gasteiger partial charge >= 0.3 is 5.97 Å². The van der Waals surface area contributed by atoms with Gasteiger partial charge in [0.25, 0.3) is 0 Å². The molecule has 1 aromatic rings. The summed E-state index contributed by atoms with van der Waals surface area (Å²) in [6, 6.07) is 4.55. The molecule has 0 heterocycles. The van der Waals surface area contributed by atoms with E-state index in [2.05, 4.69) is 4.74 Å². The van der Waals surface area contributed by atoms with Crippen molar-refractivity contribution >= 4 is 17.7 Å². The third-order valence-corrected chi connectivity index (χ3v) is 2.60. The Morgan fingerprint density at radius 3 is 2.86 bits per heavy atom. The standard InChI is InChI=1S/C10H11FO2S/c1-3-14-8-6-4-5-7(11)9(8)10(12)13-2/h4-6H,3H2,1-2H3. The van der Waals surface area contributed by atoms with E-state index in [0.717, 1.165) is 5.75 Å². The zero-order valence-electron chi connectivity index (χ0n) is 8.04. The van der Waals surface area contributed by atoms with Gasteiger partial charge in [-0.05, 0) is 17.9 Å². The fraction of sp³-hybridized carbons (Fsp3) is 0.300. The van der Waals surface area contributed by atoms with E-state index in [0.29, 0.717) is 4.90 Å². The Morgan fingerprint density at radius 1 is 1.57 bits per heavy atom. The number of carbonyl (C=O) groups excluding carboxylic acids is 1. The van der Waals surface area contributed by atoms with E-state index < -0.39 is 11.8 Å². The fourth-order valence-corrected chi connectivity index (χ4v) is 1.89. The van der Waals surface area contributed by atoms with Crippen molar-refractivity contribution in [2.45, 2.75) is 11.8 Å². The topological polar surface area (TPSA) is 26.3 Å². The molecule has 2 nitrogen and oxygen atoms in total. The molecule has 0 aliphatic heterocycles. The van der Waals surface area contributed by atoms with Gasteiger partial charge in [-0.2, -0.15) is 0 Å². The van der Waals surface area contributed by atoms with E-state index in [1.165, 1.54) is 24.9 Å². The largest absolute Gasteiger partial charge is 0.465 e. The van der Waals surface area contributed by atoms with Crippen LogP contribution in [0.15, 0.2) is 23.1 Å². The van der Waals surface area contributed by atoms with Crippen LogP contribution in [0.4, 0.5) is 4.39 Å². The van der Waals surface area contributed by atoms with Crippen molar-refractivity contribution in [1.82, 2.24) is 0 Å². The quantitative estimate of drug-likeness (QED) is 0.571. The second kappa shape index (κ2) is 5.00. The van der Waals surface area contributed by atoms with Crippen LogP contribution in [0.3, 0.4) is 0 Å². The first kappa shape index (κ1) is 11.0. The molecule has 0 radical (unpaired) electrons. The lowest BCUT2D eigenvalue weighted by molar-refractivity contribution is 0.0591. The first-order chi connectivity index (χ1) is 6.70. The van der Waals surface area contributed by atoms with Crippen LogP contribution in [0.2, 0.25) is 0 Å². The first-order valence-corrected chi connectivity index (χ1v) is 5.19. The van der Waals surface area contributed by atoms with Crippen LogP contribution < -0.4 is 0 Å². The summed E-state index contributed by atoms with van der Waals surface area (Å²) >= 11 is 1.42. The summed E-state index contributed by atoms with van der Waals surface area (Å²) in [4.78, 5) is 11.9. The maximum atomic E-state index is 13.3. The normalized spacial score (nSPS) is 9.93. The van der Waals surface area contributed by atoms with Crippen LogP contribution in [0.25, 0.3) is 0 Å². The van der Waals surface area contributed by atoms with Crippen LogP contribution in [-0.4, -0.2) is 18.8 Å². The van der Waals surface area contributed by atoms with Gasteiger partial charge in [0, 0.05) is 4.90 Å². The number of hydrogen-bond donors (Lipinski definition) is 0. The molecule has 0 aliphatic carbocycles. The molecule has 1 aromatic carbocycles. The molecule has 0 aromatic heterocycles. The minimum atomic E-state index is -0.626. The molecule has 0 saturated carbocycles. The summed E-state index contributed by atoms with van der Waals surface area (Å²) in [6.07, 6.45) is 0. The number of thioether (sulfide) groups is 1. The van der Waals surface area contributed by atoms with Crippen molar-refractivity contribution < 1.29 is 13.9 Å². The van der Waals surface area contributed by atoms with Gasteiger partial charge in [0.15, 0.2) is 0 Å². The molecule has 76 valence electrons. The summed E-state index contributed by atoms with van der Waals surface area (Å²) in [5.74, 6) is -0.373. The van der Waals surface area contributed by atoms with E-state index in [4.69, 9.17) is 0 Å². The molecular formula is C10H11FO2S. The maximum absolute atomic E-state index is 13.3. The summed E-state index contributed by atoms with van der Waals surface area (Å²) in [7, 11) is 1.25. The Hall–Kier alpha value is -1.03. The Kier molecular flexibility index (Phi) is 3.95. The highest BCUT2D eigenvalue weighted by Crippen LogP contribution is 2.25. The third-order valence-electron chi connectivity index (χ3n) is 1.66. The molecule has 0 atom stereocenters. The van der Waals surface area contributed by atoms with Crippen molar-refractivity contribution in [2.75, 3.05) is 12.9 Å². The SMILES string of the molecule is CCSc1cccc(F)c1C(=O)OC. The fourth-order valence-electron chi connectivity index (χ4n) is 1.08. The van der Waals surface area contributed by atoms with Gasteiger partial charge in [0.2, 0.25) is 0 Å². The zero-order valence-corrected chi connectivity index (χ0v) is 8.86. The van der Waals surface area contributed by atoms with Crippen LogP contribution in [0.1, 0.15) is 17.3 Å². The second-order valence-corrected chi connectivity index (χ2v) is 3.84. The molecule has 0 spiro atoms. The monoisotopic (exact) mass is 214 g/mol. The number of esters is 1. The van der Waals surface area contributed by atoms with Crippen molar-refractivity contribution in [3.05, 3.63) is 29.6 Å². The summed E-state index contributed by atoms with van der Waals surface area (Å²) in [6.45, 7) is 1.94. The lowest BCUT2D eigenvalue weighted by Crippen LogP contribution is -2.06. The molecule has 1 rings (SSSR count). The Balaban J connectivity index is 3.15. The van der Waals surface area contributed by atoms with Crippen LogP contribution >= 0.6 is 11.8 Å². The molecule has 0 aliphatic rings. The minimum absolute atomic E-state index is 0.0295. The van der Waals surface area contributed by atoms with Crippen molar-refractivity contribution in [3.63, 3.8) is 0 Å². The van der Waals surface area contributed by atoms with Gasteiger partial charge in [0.05, 0.1) is 7.11 Å². The Bertz CT molecular complexity index is 339. The summed E-state index contributed by atoms with van der Waals surface area (Å²) in [5, 5.41) is 0. The van der Waals surface area contributed by atoms with E-state index in [1.807, 2.05) is 6.92 Å². The van der Waals surface area contributed by atoms with Crippen molar-refractivity contribution in [1.29, 1.82) is 0 Å². The van der Waals surface area contributed by atoms with E-state index in [1.54, 1.807) is 12.1 Å². The predicted molar refractivity (Wildman–Crippen MR) is 54.1 cm³/mol. The highest BCUT2D eigenvalue weighted by molar-refractivity contribution is 7.99. The van der Waals surface area contributed by atoms with E-state index >= 15 is 0 Å².